The van der Waals surface area contributed by atoms with Gasteiger partial charge in [-0.25, -0.2) is 0 Å². The monoisotopic (exact) mass is 322 g/mol. The molecule has 21 heavy (non-hydrogen) atoms. The summed E-state index contributed by atoms with van der Waals surface area (Å²) in [5.41, 5.74) is 6.23. The quantitative estimate of drug-likeness (QED) is 0.785. The predicted octanol–water partition coefficient (Wildman–Crippen LogP) is 1.66. The van der Waals surface area contributed by atoms with Gasteiger partial charge in [0.15, 0.2) is 10.1 Å². The molecular weight excluding hydrogens is 308 g/mol. The maximum absolute atomic E-state index is 12.0. The predicted molar refractivity (Wildman–Crippen MR) is 83.1 cm³/mol. The van der Waals surface area contributed by atoms with E-state index in [1.807, 2.05) is 30.3 Å². The van der Waals surface area contributed by atoms with E-state index < -0.39 is 6.04 Å². The second-order valence-corrected chi connectivity index (χ2v) is 6.45. The molecule has 6 nitrogen and oxygen atoms in total. The van der Waals surface area contributed by atoms with Crippen LogP contribution in [0.1, 0.15) is 18.5 Å². The zero-order chi connectivity index (χ0) is 15.2. The number of nitrogen functional groups attached to an aromatic ring is 1. The molecule has 1 amide bonds. The molecule has 0 fully saturated rings. The first-order chi connectivity index (χ1) is 10.1. The number of nitrogens with zero attached hydrogens (tertiary/aromatic N) is 2. The summed E-state index contributed by atoms with van der Waals surface area (Å²) in [5, 5.41) is 10.6. The number of amides is 1. The van der Waals surface area contributed by atoms with Crippen LogP contribution in [0.25, 0.3) is 0 Å². The lowest BCUT2D eigenvalue weighted by Crippen LogP contribution is -2.33. The Morgan fingerprint density at radius 3 is 2.62 bits per heavy atom. The zero-order valence-corrected chi connectivity index (χ0v) is 12.9. The summed E-state index contributed by atoms with van der Waals surface area (Å²) < 4.78 is 0.627. The number of carbonyl (C=O) groups excluding carboxylic acids is 2. The van der Waals surface area contributed by atoms with Crippen LogP contribution in [-0.2, 0) is 9.59 Å². The van der Waals surface area contributed by atoms with E-state index in [0.29, 0.717) is 9.47 Å². The molecule has 0 saturated heterocycles. The number of benzene rings is 1. The van der Waals surface area contributed by atoms with E-state index in [2.05, 4.69) is 15.5 Å². The lowest BCUT2D eigenvalue weighted by atomic mass is 10.0. The van der Waals surface area contributed by atoms with Gasteiger partial charge in [-0.1, -0.05) is 53.4 Å². The molecule has 0 radical (unpaired) electrons. The van der Waals surface area contributed by atoms with E-state index in [4.69, 9.17) is 5.73 Å². The molecule has 8 heteroatoms. The summed E-state index contributed by atoms with van der Waals surface area (Å²) >= 11 is 2.46. The third-order valence-corrected chi connectivity index (χ3v) is 4.48. The Balaban J connectivity index is 1.94. The highest BCUT2D eigenvalue weighted by Gasteiger charge is 2.19. The smallest absolute Gasteiger partial charge is 0.231 e. The molecule has 3 N–H and O–H groups in total. The van der Waals surface area contributed by atoms with E-state index in [9.17, 15) is 9.59 Å². The molecule has 1 aromatic carbocycles. The van der Waals surface area contributed by atoms with E-state index in [-0.39, 0.29) is 17.4 Å². The van der Waals surface area contributed by atoms with Gasteiger partial charge in [0.1, 0.15) is 6.04 Å². The second kappa shape index (κ2) is 7.19. The van der Waals surface area contributed by atoms with Crippen LogP contribution in [0.15, 0.2) is 34.7 Å². The van der Waals surface area contributed by atoms with Gasteiger partial charge < -0.3 is 11.1 Å². The topological polar surface area (TPSA) is 98.0 Å². The van der Waals surface area contributed by atoms with E-state index in [0.717, 1.165) is 5.56 Å². The van der Waals surface area contributed by atoms with E-state index in [1.165, 1.54) is 30.0 Å². The first kappa shape index (κ1) is 15.5. The number of rotatable bonds is 6. The minimum atomic E-state index is -0.626. The Hall–Kier alpha value is -1.93. The van der Waals surface area contributed by atoms with Crippen molar-refractivity contribution < 1.29 is 9.59 Å². The van der Waals surface area contributed by atoms with Gasteiger partial charge in [0, 0.05) is 0 Å². The molecule has 0 saturated carbocycles. The highest BCUT2D eigenvalue weighted by molar-refractivity contribution is 8.01. The molecule has 110 valence electrons. The molecule has 0 aliphatic heterocycles. The van der Waals surface area contributed by atoms with Gasteiger partial charge in [0.25, 0.3) is 0 Å². The highest BCUT2D eigenvalue weighted by Crippen LogP contribution is 2.23. The Morgan fingerprint density at radius 1 is 1.33 bits per heavy atom. The summed E-state index contributed by atoms with van der Waals surface area (Å²) in [5.74, 6) is -0.192. The molecule has 2 rings (SSSR count). The second-order valence-electron chi connectivity index (χ2n) is 4.22. The van der Waals surface area contributed by atoms with Crippen molar-refractivity contribution in [3.05, 3.63) is 35.9 Å². The van der Waals surface area contributed by atoms with Crippen molar-refractivity contribution in [1.82, 2.24) is 15.5 Å². The van der Waals surface area contributed by atoms with Crippen LogP contribution in [0.2, 0.25) is 0 Å². The third kappa shape index (κ3) is 4.54. The van der Waals surface area contributed by atoms with Crippen molar-refractivity contribution in [2.45, 2.75) is 17.3 Å². The zero-order valence-electron chi connectivity index (χ0n) is 11.3. The van der Waals surface area contributed by atoms with Gasteiger partial charge in [0.05, 0.1) is 5.75 Å². The maximum Gasteiger partial charge on any atom is 0.231 e. The van der Waals surface area contributed by atoms with Crippen molar-refractivity contribution in [2.24, 2.45) is 0 Å². The van der Waals surface area contributed by atoms with Crippen LogP contribution in [0.5, 0.6) is 0 Å². The number of nitrogens with one attached hydrogen (secondary N) is 1. The molecule has 1 aromatic heterocycles. The number of ketones is 1. The van der Waals surface area contributed by atoms with Crippen molar-refractivity contribution in [3.63, 3.8) is 0 Å². The number of anilines is 1. The average molecular weight is 322 g/mol. The average Bonchev–Trinajstić information content (AvgIpc) is 2.89. The van der Waals surface area contributed by atoms with Crippen molar-refractivity contribution in [3.8, 4) is 0 Å². The lowest BCUT2D eigenvalue weighted by Gasteiger charge is -2.15. The number of Topliss-reactive ketones (excluding diaryl/α,β-unsaturated/α-hetero) is 1. The molecule has 0 bridgehead atoms. The van der Waals surface area contributed by atoms with Gasteiger partial charge in [-0.3, -0.25) is 9.59 Å². The van der Waals surface area contributed by atoms with Gasteiger partial charge >= 0.3 is 0 Å². The number of hydrogen-bond donors (Lipinski definition) is 2. The molecular formula is C13H14N4O2S2. The van der Waals surface area contributed by atoms with Crippen molar-refractivity contribution >= 4 is 39.9 Å². The van der Waals surface area contributed by atoms with Crippen LogP contribution < -0.4 is 11.1 Å². The number of carbonyl (C=O) groups is 2. The van der Waals surface area contributed by atoms with Crippen molar-refractivity contribution in [1.29, 1.82) is 0 Å². The van der Waals surface area contributed by atoms with Gasteiger partial charge in [-0.2, -0.15) is 0 Å². The molecule has 1 atom stereocenters. The minimum absolute atomic E-state index is 0.111. The van der Waals surface area contributed by atoms with Crippen LogP contribution in [0.4, 0.5) is 5.13 Å². The minimum Gasteiger partial charge on any atom is -0.374 e. The lowest BCUT2D eigenvalue weighted by molar-refractivity contribution is -0.125. The van der Waals surface area contributed by atoms with Gasteiger partial charge in [0.2, 0.25) is 11.0 Å². The molecule has 2 aromatic rings. The molecule has 0 aliphatic carbocycles. The maximum atomic E-state index is 12.0. The normalized spacial score (nSPS) is 11.9. The van der Waals surface area contributed by atoms with Gasteiger partial charge in [-0.15, -0.1) is 10.2 Å². The van der Waals surface area contributed by atoms with Gasteiger partial charge in [-0.05, 0) is 12.5 Å². The SMILES string of the molecule is CC(=O)[C@H](NC(=O)CSc1nnc(N)s1)c1ccccc1. The number of aromatic nitrogens is 2. The Labute approximate surface area is 130 Å². The molecule has 0 spiro atoms. The molecule has 1 heterocycles. The largest absolute Gasteiger partial charge is 0.374 e. The fourth-order valence-electron chi connectivity index (χ4n) is 1.67. The Morgan fingerprint density at radius 2 is 2.05 bits per heavy atom. The molecule has 0 aliphatic rings. The van der Waals surface area contributed by atoms with Crippen molar-refractivity contribution in [2.75, 3.05) is 11.5 Å². The fourth-order valence-corrected chi connectivity index (χ4v) is 3.12. The third-order valence-electron chi connectivity index (χ3n) is 2.59. The summed E-state index contributed by atoms with van der Waals surface area (Å²) in [7, 11) is 0. The number of thioether (sulfide) groups is 1. The fraction of sp³-hybridized carbons (Fsp3) is 0.231. The van der Waals surface area contributed by atoms with Crippen LogP contribution in [0.3, 0.4) is 0 Å². The number of nitrogens with two attached hydrogens (primary N) is 1. The van der Waals surface area contributed by atoms with Crippen LogP contribution >= 0.6 is 23.1 Å². The Kier molecular flexibility index (Phi) is 5.29. The Bertz CT molecular complexity index is 630. The summed E-state index contributed by atoms with van der Waals surface area (Å²) in [6.07, 6.45) is 0. The van der Waals surface area contributed by atoms with E-state index >= 15 is 0 Å². The molecule has 0 unspecified atom stereocenters. The first-order valence-corrected chi connectivity index (χ1v) is 7.93. The highest BCUT2D eigenvalue weighted by atomic mass is 32.2. The summed E-state index contributed by atoms with van der Waals surface area (Å²) in [6, 6.07) is 8.51. The number of hydrogen-bond acceptors (Lipinski definition) is 7. The first-order valence-electron chi connectivity index (χ1n) is 6.13. The van der Waals surface area contributed by atoms with Crippen LogP contribution in [-0.4, -0.2) is 27.6 Å². The standard InChI is InChI=1S/C13H14N4O2S2/c1-8(18)11(9-5-3-2-4-6-9)15-10(19)7-20-13-17-16-12(14)21-13/h2-6,11H,7H2,1H3,(H2,14,16)(H,15,19)/t11-/m0/s1. The summed E-state index contributed by atoms with van der Waals surface area (Å²) in [4.78, 5) is 23.7. The van der Waals surface area contributed by atoms with E-state index in [1.54, 1.807) is 0 Å². The van der Waals surface area contributed by atoms with Crippen LogP contribution in [0, 0.1) is 0 Å². The summed E-state index contributed by atoms with van der Waals surface area (Å²) in [6.45, 7) is 1.45.